The van der Waals surface area contributed by atoms with Crippen molar-refractivity contribution in [3.05, 3.63) is 0 Å². The molecule has 3 atom stereocenters. The average Bonchev–Trinajstić information content (AvgIpc) is 2.39. The van der Waals surface area contributed by atoms with Crippen LogP contribution in [0.3, 0.4) is 0 Å². The molecule has 84 valence electrons. The fraction of sp³-hybridized carbons (Fsp3) is 1.00. The summed E-state index contributed by atoms with van der Waals surface area (Å²) in [6, 6.07) is 0.279. The minimum absolute atomic E-state index is 0.279. The van der Waals surface area contributed by atoms with E-state index in [9.17, 15) is 0 Å². The molecule has 0 aromatic carbocycles. The van der Waals surface area contributed by atoms with E-state index in [1.54, 1.807) is 0 Å². The molecule has 0 spiro atoms. The van der Waals surface area contributed by atoms with Gasteiger partial charge in [-0.1, -0.05) is 39.5 Å². The largest absolute Gasteiger partial charge is 0.376 e. The lowest BCUT2D eigenvalue weighted by Gasteiger charge is -2.23. The topological polar surface area (TPSA) is 35.2 Å². The Bertz CT molecular complexity index is 149. The first kappa shape index (κ1) is 12.0. The monoisotopic (exact) mass is 199 g/mol. The van der Waals surface area contributed by atoms with Gasteiger partial charge in [0, 0.05) is 12.6 Å². The van der Waals surface area contributed by atoms with Crippen molar-refractivity contribution in [2.45, 2.75) is 64.5 Å². The third-order valence-corrected chi connectivity index (χ3v) is 3.30. The molecule has 1 saturated carbocycles. The molecule has 1 rings (SSSR count). The lowest BCUT2D eigenvalue weighted by Crippen LogP contribution is -2.36. The molecule has 0 amide bonds. The highest BCUT2D eigenvalue weighted by Crippen LogP contribution is 2.20. The van der Waals surface area contributed by atoms with Crippen LogP contribution in [0, 0.1) is 5.92 Å². The predicted molar refractivity (Wildman–Crippen MR) is 60.3 cm³/mol. The van der Waals surface area contributed by atoms with Gasteiger partial charge in [-0.15, -0.1) is 0 Å². The number of hydrogen-bond donors (Lipinski definition) is 1. The third kappa shape index (κ3) is 3.97. The Morgan fingerprint density at radius 1 is 1.29 bits per heavy atom. The van der Waals surface area contributed by atoms with Crippen molar-refractivity contribution in [1.29, 1.82) is 0 Å². The van der Waals surface area contributed by atoms with Crippen molar-refractivity contribution in [3.63, 3.8) is 0 Å². The lowest BCUT2D eigenvalue weighted by atomic mass is 10.1. The van der Waals surface area contributed by atoms with Crippen LogP contribution in [0.5, 0.6) is 0 Å². The standard InChI is InChI=1S/C12H25NO/c1-3-10(2)9-14-12-8-6-4-5-7-11(12)13/h10-12H,3-9,13H2,1-2H3. The maximum Gasteiger partial charge on any atom is 0.0726 e. The molecule has 1 aliphatic rings. The summed E-state index contributed by atoms with van der Waals surface area (Å²) in [7, 11) is 0. The Balaban J connectivity index is 2.26. The van der Waals surface area contributed by atoms with Gasteiger partial charge < -0.3 is 10.5 Å². The van der Waals surface area contributed by atoms with E-state index >= 15 is 0 Å². The van der Waals surface area contributed by atoms with Crippen LogP contribution < -0.4 is 5.73 Å². The number of nitrogens with two attached hydrogens (primary N) is 1. The van der Waals surface area contributed by atoms with Gasteiger partial charge in [-0.25, -0.2) is 0 Å². The molecule has 2 N–H and O–H groups in total. The molecular formula is C12H25NO. The molecule has 0 radical (unpaired) electrons. The molecule has 2 heteroatoms. The van der Waals surface area contributed by atoms with Gasteiger partial charge >= 0.3 is 0 Å². The molecule has 0 bridgehead atoms. The average molecular weight is 199 g/mol. The normalized spacial score (nSPS) is 31.1. The minimum atomic E-state index is 0.279. The second-order valence-electron chi connectivity index (χ2n) is 4.69. The molecule has 0 aromatic rings. The molecule has 0 aromatic heterocycles. The van der Waals surface area contributed by atoms with Gasteiger partial charge in [0.2, 0.25) is 0 Å². The predicted octanol–water partition coefficient (Wildman–Crippen LogP) is 2.71. The summed E-state index contributed by atoms with van der Waals surface area (Å²) in [6.07, 6.45) is 7.73. The van der Waals surface area contributed by atoms with E-state index in [0.717, 1.165) is 19.4 Å². The number of hydrogen-bond acceptors (Lipinski definition) is 2. The zero-order valence-electron chi connectivity index (χ0n) is 9.67. The van der Waals surface area contributed by atoms with Gasteiger partial charge in [-0.2, -0.15) is 0 Å². The van der Waals surface area contributed by atoms with Gasteiger partial charge in [-0.05, 0) is 18.8 Å². The summed E-state index contributed by atoms with van der Waals surface area (Å²) in [5.41, 5.74) is 6.08. The molecule has 14 heavy (non-hydrogen) atoms. The van der Waals surface area contributed by atoms with Crippen molar-refractivity contribution in [3.8, 4) is 0 Å². The van der Waals surface area contributed by atoms with Crippen molar-refractivity contribution < 1.29 is 4.74 Å². The van der Waals surface area contributed by atoms with E-state index in [2.05, 4.69) is 13.8 Å². The van der Waals surface area contributed by atoms with E-state index < -0.39 is 0 Å². The quantitative estimate of drug-likeness (QED) is 0.707. The van der Waals surface area contributed by atoms with Crippen LogP contribution in [-0.4, -0.2) is 18.8 Å². The van der Waals surface area contributed by atoms with Crippen molar-refractivity contribution >= 4 is 0 Å². The fourth-order valence-corrected chi connectivity index (χ4v) is 1.91. The third-order valence-electron chi connectivity index (χ3n) is 3.30. The van der Waals surface area contributed by atoms with Crippen molar-refractivity contribution in [2.24, 2.45) is 11.7 Å². The highest BCUT2D eigenvalue weighted by atomic mass is 16.5. The smallest absolute Gasteiger partial charge is 0.0726 e. The molecule has 0 saturated heterocycles. The summed E-state index contributed by atoms with van der Waals surface area (Å²) in [6.45, 7) is 5.33. The Kier molecular flexibility index (Phi) is 5.49. The van der Waals surface area contributed by atoms with Gasteiger partial charge in [0.05, 0.1) is 6.10 Å². The molecular weight excluding hydrogens is 174 g/mol. The highest BCUT2D eigenvalue weighted by molar-refractivity contribution is 4.77. The summed E-state index contributed by atoms with van der Waals surface area (Å²) in [5.74, 6) is 0.672. The van der Waals surface area contributed by atoms with Crippen LogP contribution in [0.1, 0.15) is 52.4 Å². The molecule has 2 nitrogen and oxygen atoms in total. The summed E-state index contributed by atoms with van der Waals surface area (Å²) in [4.78, 5) is 0. The van der Waals surface area contributed by atoms with Crippen LogP contribution in [0.2, 0.25) is 0 Å². The second-order valence-corrected chi connectivity index (χ2v) is 4.69. The Morgan fingerprint density at radius 2 is 2.00 bits per heavy atom. The summed E-state index contributed by atoms with van der Waals surface area (Å²) >= 11 is 0. The van der Waals surface area contributed by atoms with Gasteiger partial charge in [-0.3, -0.25) is 0 Å². The van der Waals surface area contributed by atoms with Crippen LogP contribution in [0.4, 0.5) is 0 Å². The van der Waals surface area contributed by atoms with E-state index in [1.165, 1.54) is 25.7 Å². The maximum absolute atomic E-state index is 6.08. The van der Waals surface area contributed by atoms with E-state index in [4.69, 9.17) is 10.5 Å². The zero-order valence-corrected chi connectivity index (χ0v) is 9.67. The number of ether oxygens (including phenoxy) is 1. The SMILES string of the molecule is CCC(C)COC1CCCCCC1N. The lowest BCUT2D eigenvalue weighted by molar-refractivity contribution is 0.0126. The first-order valence-corrected chi connectivity index (χ1v) is 6.11. The first-order valence-electron chi connectivity index (χ1n) is 6.11. The molecule has 1 aliphatic carbocycles. The Morgan fingerprint density at radius 3 is 2.71 bits per heavy atom. The first-order chi connectivity index (χ1) is 6.74. The Hall–Kier alpha value is -0.0800. The van der Waals surface area contributed by atoms with E-state index in [0.29, 0.717) is 12.0 Å². The summed E-state index contributed by atoms with van der Waals surface area (Å²) in [5, 5.41) is 0. The van der Waals surface area contributed by atoms with Gasteiger partial charge in [0.25, 0.3) is 0 Å². The molecule has 1 fully saturated rings. The summed E-state index contributed by atoms with van der Waals surface area (Å²) < 4.78 is 5.90. The molecule has 3 unspecified atom stereocenters. The number of rotatable bonds is 4. The molecule has 0 heterocycles. The van der Waals surface area contributed by atoms with E-state index in [1.807, 2.05) is 0 Å². The minimum Gasteiger partial charge on any atom is -0.376 e. The van der Waals surface area contributed by atoms with Gasteiger partial charge in [0.1, 0.15) is 0 Å². The van der Waals surface area contributed by atoms with Gasteiger partial charge in [0.15, 0.2) is 0 Å². The van der Waals surface area contributed by atoms with Crippen LogP contribution in [0.15, 0.2) is 0 Å². The Labute approximate surface area is 88.2 Å². The van der Waals surface area contributed by atoms with Crippen LogP contribution >= 0.6 is 0 Å². The maximum atomic E-state index is 6.08. The van der Waals surface area contributed by atoms with Crippen LogP contribution in [0.25, 0.3) is 0 Å². The van der Waals surface area contributed by atoms with Crippen molar-refractivity contribution in [1.82, 2.24) is 0 Å². The van der Waals surface area contributed by atoms with E-state index in [-0.39, 0.29) is 6.04 Å². The van der Waals surface area contributed by atoms with Crippen LogP contribution in [-0.2, 0) is 4.74 Å². The van der Waals surface area contributed by atoms with Crippen molar-refractivity contribution in [2.75, 3.05) is 6.61 Å². The fourth-order valence-electron chi connectivity index (χ4n) is 1.91. The molecule has 0 aliphatic heterocycles. The highest BCUT2D eigenvalue weighted by Gasteiger charge is 2.21. The zero-order chi connectivity index (χ0) is 10.4. The second kappa shape index (κ2) is 6.41.